The average Bonchev–Trinajstić information content (AvgIpc) is 2.78. The van der Waals surface area contributed by atoms with Crippen LogP contribution in [0.5, 0.6) is 0 Å². The van der Waals surface area contributed by atoms with Crippen molar-refractivity contribution in [2.24, 2.45) is 0 Å². The van der Waals surface area contributed by atoms with Crippen LogP contribution in [-0.4, -0.2) is 36.4 Å². The maximum atomic E-state index is 12.4. The van der Waals surface area contributed by atoms with Gasteiger partial charge in [0.25, 0.3) is 0 Å². The fraction of sp³-hybridized carbons (Fsp3) is 0.364. The van der Waals surface area contributed by atoms with E-state index >= 15 is 0 Å². The van der Waals surface area contributed by atoms with Crippen LogP contribution in [0, 0.1) is 3.57 Å². The van der Waals surface area contributed by atoms with Crippen molar-refractivity contribution in [2.45, 2.75) is 23.8 Å². The zero-order valence-corrected chi connectivity index (χ0v) is 12.4. The molecule has 1 aromatic carbocycles. The predicted molar refractivity (Wildman–Crippen MR) is 73.7 cm³/mol. The summed E-state index contributed by atoms with van der Waals surface area (Å²) in [5, 5.41) is 9.04. The lowest BCUT2D eigenvalue weighted by molar-refractivity contribution is -0.140. The van der Waals surface area contributed by atoms with Gasteiger partial charge in [-0.3, -0.25) is 4.79 Å². The van der Waals surface area contributed by atoms with Gasteiger partial charge in [-0.15, -0.1) is 0 Å². The second-order valence-corrected chi connectivity index (χ2v) is 7.21. The molecule has 98 valence electrons. The lowest BCUT2D eigenvalue weighted by Gasteiger charge is -2.20. The molecule has 18 heavy (non-hydrogen) atoms. The molecule has 0 spiro atoms. The van der Waals surface area contributed by atoms with E-state index in [0.717, 1.165) is 7.88 Å². The predicted octanol–water partition coefficient (Wildman–Crippen LogP) is 1.53. The molecule has 0 bridgehead atoms. The molecule has 0 aromatic heterocycles. The van der Waals surface area contributed by atoms with Crippen molar-refractivity contribution >= 4 is 38.6 Å². The van der Waals surface area contributed by atoms with E-state index in [1.54, 1.807) is 18.2 Å². The Morgan fingerprint density at radius 1 is 1.44 bits per heavy atom. The molecular formula is C11H12INO4S. The SMILES string of the molecule is O=C(O)C1CCCN1S(=O)(=O)c1cccc(I)c1. The Morgan fingerprint density at radius 2 is 2.17 bits per heavy atom. The molecule has 1 aliphatic rings. The molecule has 1 aromatic rings. The minimum atomic E-state index is -3.71. The minimum absolute atomic E-state index is 0.155. The van der Waals surface area contributed by atoms with Crippen LogP contribution in [0.1, 0.15) is 12.8 Å². The van der Waals surface area contributed by atoms with Gasteiger partial charge in [0.05, 0.1) is 4.90 Å². The molecule has 0 saturated carbocycles. The summed E-state index contributed by atoms with van der Waals surface area (Å²) < 4.78 is 26.6. The zero-order chi connectivity index (χ0) is 13.3. The molecule has 1 aliphatic heterocycles. The van der Waals surface area contributed by atoms with E-state index in [1.165, 1.54) is 6.07 Å². The minimum Gasteiger partial charge on any atom is -0.480 e. The number of rotatable bonds is 3. The van der Waals surface area contributed by atoms with Crippen molar-refractivity contribution in [3.8, 4) is 0 Å². The van der Waals surface area contributed by atoms with E-state index in [2.05, 4.69) is 0 Å². The first-order valence-corrected chi connectivity index (χ1v) is 7.95. The number of hydrogen-bond donors (Lipinski definition) is 1. The number of hydrogen-bond acceptors (Lipinski definition) is 3. The number of carboxylic acids is 1. The summed E-state index contributed by atoms with van der Waals surface area (Å²) in [6.07, 6.45) is 0.957. The third kappa shape index (κ3) is 2.52. The van der Waals surface area contributed by atoms with Crippen molar-refractivity contribution in [1.29, 1.82) is 0 Å². The number of carbonyl (C=O) groups is 1. The molecule has 5 nitrogen and oxygen atoms in total. The van der Waals surface area contributed by atoms with E-state index < -0.39 is 22.0 Å². The molecular weight excluding hydrogens is 369 g/mol. The van der Waals surface area contributed by atoms with Gasteiger partial charge in [-0.2, -0.15) is 4.31 Å². The lowest BCUT2D eigenvalue weighted by atomic mass is 10.2. The zero-order valence-electron chi connectivity index (χ0n) is 9.41. The lowest BCUT2D eigenvalue weighted by Crippen LogP contribution is -2.40. The smallest absolute Gasteiger partial charge is 0.322 e. The molecule has 0 radical (unpaired) electrons. The van der Waals surface area contributed by atoms with Crippen LogP contribution in [0.2, 0.25) is 0 Å². The highest BCUT2D eigenvalue weighted by atomic mass is 127. The summed E-state index contributed by atoms with van der Waals surface area (Å²) in [7, 11) is -3.71. The standard InChI is InChI=1S/C11H12INO4S/c12-8-3-1-4-9(7-8)18(16,17)13-6-2-5-10(13)11(14)15/h1,3-4,7,10H,2,5-6H2,(H,14,15). The quantitative estimate of drug-likeness (QED) is 0.806. The van der Waals surface area contributed by atoms with Crippen molar-refractivity contribution in [2.75, 3.05) is 6.54 Å². The Labute approximate surface area is 119 Å². The summed E-state index contributed by atoms with van der Waals surface area (Å²) in [6.45, 7) is 0.269. The van der Waals surface area contributed by atoms with Gasteiger partial charge < -0.3 is 5.11 Å². The van der Waals surface area contributed by atoms with E-state index in [9.17, 15) is 13.2 Å². The first-order valence-electron chi connectivity index (χ1n) is 5.43. The summed E-state index contributed by atoms with van der Waals surface area (Å²) >= 11 is 2.03. The highest BCUT2D eigenvalue weighted by molar-refractivity contribution is 14.1. The van der Waals surface area contributed by atoms with Gasteiger partial charge in [-0.1, -0.05) is 6.07 Å². The van der Waals surface area contributed by atoms with Crippen LogP contribution in [0.3, 0.4) is 0 Å². The Kier molecular flexibility index (Phi) is 3.93. The van der Waals surface area contributed by atoms with Gasteiger partial charge in [0, 0.05) is 10.1 Å². The third-order valence-electron chi connectivity index (χ3n) is 2.89. The average molecular weight is 381 g/mol. The Bertz CT molecular complexity index is 572. The highest BCUT2D eigenvalue weighted by Gasteiger charge is 2.39. The van der Waals surface area contributed by atoms with Crippen LogP contribution in [0.4, 0.5) is 0 Å². The topological polar surface area (TPSA) is 74.7 Å². The monoisotopic (exact) mass is 381 g/mol. The second-order valence-electron chi connectivity index (χ2n) is 4.07. The molecule has 2 rings (SSSR count). The van der Waals surface area contributed by atoms with Crippen LogP contribution < -0.4 is 0 Å². The summed E-state index contributed by atoms with van der Waals surface area (Å²) in [4.78, 5) is 11.2. The van der Waals surface area contributed by atoms with Gasteiger partial charge in [0.15, 0.2) is 0 Å². The molecule has 0 aliphatic carbocycles. The van der Waals surface area contributed by atoms with Gasteiger partial charge >= 0.3 is 5.97 Å². The van der Waals surface area contributed by atoms with Crippen molar-refractivity contribution in [1.82, 2.24) is 4.31 Å². The normalized spacial score (nSPS) is 21.1. The van der Waals surface area contributed by atoms with Crippen LogP contribution in [0.15, 0.2) is 29.2 Å². The van der Waals surface area contributed by atoms with Crippen LogP contribution in [-0.2, 0) is 14.8 Å². The van der Waals surface area contributed by atoms with E-state index in [-0.39, 0.29) is 11.4 Å². The second kappa shape index (κ2) is 5.14. The van der Waals surface area contributed by atoms with Gasteiger partial charge in [0.2, 0.25) is 10.0 Å². The Hall–Kier alpha value is -0.670. The summed E-state index contributed by atoms with van der Waals surface area (Å²) in [6, 6.07) is 5.55. The number of benzene rings is 1. The summed E-state index contributed by atoms with van der Waals surface area (Å²) in [5.74, 6) is -1.08. The first kappa shape index (κ1) is 13.8. The van der Waals surface area contributed by atoms with Crippen molar-refractivity contribution in [3.63, 3.8) is 0 Å². The van der Waals surface area contributed by atoms with Crippen LogP contribution >= 0.6 is 22.6 Å². The number of carboxylic acid groups (broad SMARTS) is 1. The van der Waals surface area contributed by atoms with Crippen molar-refractivity contribution < 1.29 is 18.3 Å². The fourth-order valence-electron chi connectivity index (χ4n) is 2.04. The largest absolute Gasteiger partial charge is 0.480 e. The van der Waals surface area contributed by atoms with E-state index in [4.69, 9.17) is 5.11 Å². The molecule has 1 heterocycles. The number of sulfonamides is 1. The number of nitrogens with zero attached hydrogens (tertiary/aromatic N) is 1. The van der Waals surface area contributed by atoms with E-state index in [0.29, 0.717) is 12.8 Å². The molecule has 1 unspecified atom stereocenters. The Morgan fingerprint density at radius 3 is 2.78 bits per heavy atom. The van der Waals surface area contributed by atoms with Gasteiger partial charge in [-0.05, 0) is 53.6 Å². The van der Waals surface area contributed by atoms with Gasteiger partial charge in [-0.25, -0.2) is 8.42 Å². The molecule has 1 fully saturated rings. The Balaban J connectivity index is 2.40. The number of aliphatic carboxylic acids is 1. The number of halogens is 1. The maximum Gasteiger partial charge on any atom is 0.322 e. The summed E-state index contributed by atoms with van der Waals surface area (Å²) in [5.41, 5.74) is 0. The molecule has 1 saturated heterocycles. The maximum absolute atomic E-state index is 12.4. The molecule has 1 N–H and O–H groups in total. The third-order valence-corrected chi connectivity index (χ3v) is 5.47. The molecule has 7 heteroatoms. The molecule has 0 amide bonds. The van der Waals surface area contributed by atoms with Crippen LogP contribution in [0.25, 0.3) is 0 Å². The highest BCUT2D eigenvalue weighted by Crippen LogP contribution is 2.26. The first-order chi connectivity index (χ1) is 8.43. The fourth-order valence-corrected chi connectivity index (χ4v) is 4.49. The van der Waals surface area contributed by atoms with E-state index in [1.807, 2.05) is 22.6 Å². The van der Waals surface area contributed by atoms with Crippen molar-refractivity contribution in [3.05, 3.63) is 27.8 Å². The van der Waals surface area contributed by atoms with Gasteiger partial charge in [0.1, 0.15) is 6.04 Å². The molecule has 1 atom stereocenters.